The Hall–Kier alpha value is -1.07. The summed E-state index contributed by atoms with van der Waals surface area (Å²) in [5, 5.41) is 5.91. The van der Waals surface area contributed by atoms with Gasteiger partial charge in [0.25, 0.3) is 0 Å². The van der Waals surface area contributed by atoms with E-state index in [0.717, 1.165) is 28.5 Å². The molecule has 1 unspecified atom stereocenters. The molecule has 3 saturated heterocycles. The van der Waals surface area contributed by atoms with Crippen LogP contribution in [0.3, 0.4) is 0 Å². The zero-order valence-electron chi connectivity index (χ0n) is 13.0. The Morgan fingerprint density at radius 3 is 2.77 bits per heavy atom. The molecule has 3 aliphatic heterocycles. The molecule has 2 N–H and O–H groups in total. The lowest BCUT2D eigenvalue weighted by Gasteiger charge is -2.49. The van der Waals surface area contributed by atoms with Crippen molar-refractivity contribution in [3.05, 3.63) is 28.7 Å². The first-order valence-corrected chi connectivity index (χ1v) is 8.99. The van der Waals surface area contributed by atoms with Gasteiger partial charge in [0, 0.05) is 29.3 Å². The van der Waals surface area contributed by atoms with Crippen molar-refractivity contribution in [1.82, 2.24) is 10.2 Å². The molecule has 0 aliphatic carbocycles. The highest BCUT2D eigenvalue weighted by Gasteiger charge is 2.38. The molecule has 3 aliphatic rings. The lowest BCUT2D eigenvalue weighted by Crippen LogP contribution is -2.56. The third kappa shape index (κ3) is 3.63. The zero-order valence-corrected chi connectivity index (χ0v) is 14.6. The number of nitrogens with zero attached hydrogens (tertiary/aromatic N) is 1. The average molecular weight is 366 g/mol. The molecule has 0 aromatic heterocycles. The Morgan fingerprint density at radius 2 is 2.14 bits per heavy atom. The molecule has 0 radical (unpaired) electrons. The van der Waals surface area contributed by atoms with Gasteiger partial charge in [0.15, 0.2) is 0 Å². The Bertz CT molecular complexity index is 519. The number of benzene rings is 1. The van der Waals surface area contributed by atoms with E-state index in [4.69, 9.17) is 0 Å². The van der Waals surface area contributed by atoms with Crippen molar-refractivity contribution >= 4 is 27.6 Å². The van der Waals surface area contributed by atoms with Crippen molar-refractivity contribution in [1.29, 1.82) is 0 Å². The van der Waals surface area contributed by atoms with Crippen molar-refractivity contribution in [3.8, 4) is 0 Å². The Labute approximate surface area is 140 Å². The molecule has 22 heavy (non-hydrogen) atoms. The minimum atomic E-state index is -0.114. The molecule has 120 valence electrons. The van der Waals surface area contributed by atoms with Crippen LogP contribution in [-0.4, -0.2) is 36.6 Å². The summed E-state index contributed by atoms with van der Waals surface area (Å²) in [6.45, 7) is 5.45. The lowest BCUT2D eigenvalue weighted by atomic mass is 9.74. The van der Waals surface area contributed by atoms with Gasteiger partial charge in [-0.1, -0.05) is 29.3 Å². The van der Waals surface area contributed by atoms with Crippen molar-refractivity contribution in [2.75, 3.05) is 25.0 Å². The Balaban J connectivity index is 1.47. The topological polar surface area (TPSA) is 44.4 Å². The molecular weight excluding hydrogens is 342 g/mol. The summed E-state index contributed by atoms with van der Waals surface area (Å²) in [7, 11) is 0. The van der Waals surface area contributed by atoms with Crippen LogP contribution in [0.1, 0.15) is 26.2 Å². The molecule has 2 bridgehead atoms. The smallest absolute Gasteiger partial charge is 0.319 e. The average Bonchev–Trinajstić information content (AvgIpc) is 2.55. The van der Waals surface area contributed by atoms with Crippen LogP contribution in [0.2, 0.25) is 0 Å². The normalized spacial score (nSPS) is 30.1. The van der Waals surface area contributed by atoms with Crippen molar-refractivity contribution < 1.29 is 4.79 Å². The number of halogens is 1. The number of fused-ring (bicyclic) bond motifs is 3. The van der Waals surface area contributed by atoms with E-state index < -0.39 is 0 Å². The fourth-order valence-corrected chi connectivity index (χ4v) is 4.11. The summed E-state index contributed by atoms with van der Waals surface area (Å²) in [4.78, 5) is 14.6. The van der Waals surface area contributed by atoms with Crippen molar-refractivity contribution in [3.63, 3.8) is 0 Å². The molecule has 4 atom stereocenters. The van der Waals surface area contributed by atoms with Gasteiger partial charge in [-0.2, -0.15) is 0 Å². The van der Waals surface area contributed by atoms with Crippen molar-refractivity contribution in [2.45, 2.75) is 32.2 Å². The highest BCUT2D eigenvalue weighted by molar-refractivity contribution is 9.10. The molecule has 0 saturated carbocycles. The first kappa shape index (κ1) is 15.8. The first-order valence-electron chi connectivity index (χ1n) is 8.20. The number of urea groups is 1. The molecule has 3 fully saturated rings. The van der Waals surface area contributed by atoms with Gasteiger partial charge in [-0.25, -0.2) is 4.79 Å². The first-order chi connectivity index (χ1) is 10.7. The third-order valence-electron chi connectivity index (χ3n) is 5.14. The molecule has 4 rings (SSSR count). The summed E-state index contributed by atoms with van der Waals surface area (Å²) < 4.78 is 1.01. The van der Waals surface area contributed by atoms with Crippen molar-refractivity contribution in [2.24, 2.45) is 11.8 Å². The highest BCUT2D eigenvalue weighted by atomic mass is 79.9. The molecule has 5 heteroatoms. The van der Waals surface area contributed by atoms with E-state index in [-0.39, 0.29) is 6.03 Å². The predicted molar refractivity (Wildman–Crippen MR) is 93.0 cm³/mol. The molecular formula is C17H24BrN3O. The van der Waals surface area contributed by atoms with Gasteiger partial charge in [-0.3, -0.25) is 4.90 Å². The number of amides is 2. The highest BCUT2D eigenvalue weighted by Crippen LogP contribution is 2.37. The number of rotatable bonds is 4. The van der Waals surface area contributed by atoms with Crippen LogP contribution in [0.4, 0.5) is 10.5 Å². The molecule has 4 nitrogen and oxygen atoms in total. The minimum absolute atomic E-state index is 0.114. The van der Waals surface area contributed by atoms with Crippen LogP contribution in [0.15, 0.2) is 28.7 Å². The number of anilines is 1. The number of carbonyl (C=O) groups excluding carboxylic acids is 1. The van der Waals surface area contributed by atoms with Crippen LogP contribution in [0.25, 0.3) is 0 Å². The summed E-state index contributed by atoms with van der Waals surface area (Å²) in [6.07, 6.45) is 3.85. The SMILES string of the molecule is CC[C@@H]1CN2CC[C@H]1C[C@@H]2CNC(=O)Nc1ccc(Br)cc1. The maximum absolute atomic E-state index is 12.0. The van der Waals surface area contributed by atoms with Gasteiger partial charge in [0.05, 0.1) is 0 Å². The number of piperidine rings is 3. The van der Waals surface area contributed by atoms with E-state index in [0.29, 0.717) is 6.04 Å². The largest absolute Gasteiger partial charge is 0.336 e. The van der Waals surface area contributed by atoms with Crippen LogP contribution in [0, 0.1) is 11.8 Å². The summed E-state index contributed by atoms with van der Waals surface area (Å²) >= 11 is 3.39. The lowest BCUT2D eigenvalue weighted by molar-refractivity contribution is 0.00159. The Morgan fingerprint density at radius 1 is 1.36 bits per heavy atom. The standard InChI is InChI=1S/C17H24BrN3O/c1-2-12-11-21-8-7-13(12)9-16(21)10-19-17(22)20-15-5-3-14(18)4-6-15/h3-6,12-13,16H,2,7-11H2,1H3,(H2,19,20,22)/t12-,13+,16-/m1/s1. The molecule has 3 heterocycles. The second kappa shape index (κ2) is 7.01. The monoisotopic (exact) mass is 365 g/mol. The van der Waals surface area contributed by atoms with Gasteiger partial charge < -0.3 is 10.6 Å². The van der Waals surface area contributed by atoms with Crippen LogP contribution in [0.5, 0.6) is 0 Å². The van der Waals surface area contributed by atoms with Crippen LogP contribution in [-0.2, 0) is 0 Å². The van der Waals surface area contributed by atoms with E-state index in [1.807, 2.05) is 24.3 Å². The van der Waals surface area contributed by atoms with E-state index in [1.54, 1.807) is 0 Å². The molecule has 2 amide bonds. The van der Waals surface area contributed by atoms with Gasteiger partial charge in [0.2, 0.25) is 0 Å². The maximum Gasteiger partial charge on any atom is 0.319 e. The third-order valence-corrected chi connectivity index (χ3v) is 5.67. The maximum atomic E-state index is 12.0. The zero-order chi connectivity index (χ0) is 15.5. The Kier molecular flexibility index (Phi) is 5.03. The number of hydrogen-bond acceptors (Lipinski definition) is 2. The number of hydrogen-bond donors (Lipinski definition) is 2. The van der Waals surface area contributed by atoms with E-state index in [2.05, 4.69) is 38.4 Å². The second-order valence-corrected chi connectivity index (χ2v) is 7.36. The summed E-state index contributed by atoms with van der Waals surface area (Å²) in [5.74, 6) is 1.72. The summed E-state index contributed by atoms with van der Waals surface area (Å²) in [5.41, 5.74) is 0.817. The fraction of sp³-hybridized carbons (Fsp3) is 0.588. The quantitative estimate of drug-likeness (QED) is 0.854. The molecule has 1 aromatic rings. The van der Waals surface area contributed by atoms with Gasteiger partial charge in [-0.15, -0.1) is 0 Å². The van der Waals surface area contributed by atoms with E-state index >= 15 is 0 Å². The number of carbonyl (C=O) groups is 1. The van der Waals surface area contributed by atoms with Gasteiger partial charge in [0.1, 0.15) is 0 Å². The van der Waals surface area contributed by atoms with E-state index in [9.17, 15) is 4.79 Å². The molecule has 1 aromatic carbocycles. The van der Waals surface area contributed by atoms with E-state index in [1.165, 1.54) is 32.4 Å². The van der Waals surface area contributed by atoms with Crippen LogP contribution >= 0.6 is 15.9 Å². The van der Waals surface area contributed by atoms with Crippen LogP contribution < -0.4 is 10.6 Å². The summed E-state index contributed by atoms with van der Waals surface area (Å²) in [6, 6.07) is 8.02. The predicted octanol–water partition coefficient (Wildman–Crippen LogP) is 3.69. The minimum Gasteiger partial charge on any atom is -0.336 e. The second-order valence-electron chi connectivity index (χ2n) is 6.44. The van der Waals surface area contributed by atoms with Gasteiger partial charge in [-0.05, 0) is 55.5 Å². The van der Waals surface area contributed by atoms with Gasteiger partial charge >= 0.3 is 6.03 Å². The fourth-order valence-electron chi connectivity index (χ4n) is 3.84. The molecule has 0 spiro atoms. The number of nitrogens with one attached hydrogen (secondary N) is 2.